The number of nitrogens with zero attached hydrogens (tertiary/aromatic N) is 1. The molecule has 1 N–H and O–H groups in total. The summed E-state index contributed by atoms with van der Waals surface area (Å²) in [6, 6.07) is 6.58. The summed E-state index contributed by atoms with van der Waals surface area (Å²) >= 11 is 0. The van der Waals surface area contributed by atoms with Gasteiger partial charge in [0.15, 0.2) is 0 Å². The number of halogens is 9. The van der Waals surface area contributed by atoms with Crippen LogP contribution in [-0.2, 0) is 25.1 Å². The molecular weight excluding hydrogens is 557 g/mol. The van der Waals surface area contributed by atoms with E-state index in [0.29, 0.717) is 34.2 Å². The number of rotatable bonds is 6. The fourth-order valence-electron chi connectivity index (χ4n) is 4.21. The Hall–Kier alpha value is -3.90. The second kappa shape index (κ2) is 10.9. The number of carboxylic acid groups (broad SMARTS) is 1. The van der Waals surface area contributed by atoms with Gasteiger partial charge >= 0.3 is 24.6 Å². The molecule has 0 spiro atoms. The first-order valence-electron chi connectivity index (χ1n) is 11.5. The number of benzene rings is 3. The van der Waals surface area contributed by atoms with Crippen LogP contribution in [0.1, 0.15) is 46.3 Å². The third-order valence-corrected chi connectivity index (χ3v) is 6.19. The third-order valence-electron chi connectivity index (χ3n) is 6.19. The Morgan fingerprint density at radius 1 is 0.800 bits per heavy atom. The summed E-state index contributed by atoms with van der Waals surface area (Å²) < 4.78 is 126. The molecule has 1 amide bonds. The summed E-state index contributed by atoms with van der Waals surface area (Å²) in [5.41, 5.74) is -4.16. The van der Waals surface area contributed by atoms with Gasteiger partial charge in [-0.25, -0.2) is 4.79 Å². The minimum atomic E-state index is -5.17. The van der Waals surface area contributed by atoms with Crippen molar-refractivity contribution in [3.8, 4) is 16.9 Å². The van der Waals surface area contributed by atoms with E-state index in [9.17, 15) is 49.4 Å². The van der Waals surface area contributed by atoms with Crippen LogP contribution in [0.3, 0.4) is 0 Å². The van der Waals surface area contributed by atoms with Crippen molar-refractivity contribution in [2.24, 2.45) is 0 Å². The molecule has 0 aliphatic heterocycles. The minimum absolute atomic E-state index is 0.104. The summed E-state index contributed by atoms with van der Waals surface area (Å²) in [5, 5.41) is 9.89. The molecule has 0 heterocycles. The van der Waals surface area contributed by atoms with Crippen molar-refractivity contribution >= 4 is 6.09 Å². The number of aryl methyl sites for hydroxylation is 1. The van der Waals surface area contributed by atoms with Crippen LogP contribution in [0.15, 0.2) is 54.6 Å². The van der Waals surface area contributed by atoms with Gasteiger partial charge in [-0.15, -0.1) is 0 Å². The Morgan fingerprint density at radius 2 is 1.35 bits per heavy atom. The predicted octanol–water partition coefficient (Wildman–Crippen LogP) is 8.97. The van der Waals surface area contributed by atoms with Gasteiger partial charge in [0.2, 0.25) is 0 Å². The molecule has 0 fully saturated rings. The van der Waals surface area contributed by atoms with E-state index in [1.165, 1.54) is 14.0 Å². The van der Waals surface area contributed by atoms with Gasteiger partial charge in [0.25, 0.3) is 0 Å². The van der Waals surface area contributed by atoms with E-state index in [2.05, 4.69) is 0 Å². The Bertz CT molecular complexity index is 1360. The van der Waals surface area contributed by atoms with Gasteiger partial charge in [-0.3, -0.25) is 4.90 Å². The Labute approximate surface area is 222 Å². The SMILES string of the molecule is COc1ccc(C)cc1-c1ccc(C(F)(F)F)cc1C(C)N(Cc1cc(C(F)(F)F)cc(C(F)(F)F)c1)C(=O)O. The maximum atomic E-state index is 13.6. The lowest BCUT2D eigenvalue weighted by Gasteiger charge is -2.30. The van der Waals surface area contributed by atoms with Crippen molar-refractivity contribution in [2.75, 3.05) is 7.11 Å². The van der Waals surface area contributed by atoms with Gasteiger partial charge in [-0.05, 0) is 73.0 Å². The average molecular weight is 579 g/mol. The number of ether oxygens (including phenoxy) is 1. The Kier molecular flexibility index (Phi) is 8.37. The molecule has 0 radical (unpaired) electrons. The highest BCUT2D eigenvalue weighted by molar-refractivity contribution is 5.76. The summed E-state index contributed by atoms with van der Waals surface area (Å²) in [4.78, 5) is 12.7. The molecule has 40 heavy (non-hydrogen) atoms. The van der Waals surface area contributed by atoms with Crippen molar-refractivity contribution < 1.29 is 54.2 Å². The number of hydrogen-bond acceptors (Lipinski definition) is 2. The van der Waals surface area contributed by atoms with Gasteiger partial charge in [0.1, 0.15) is 5.75 Å². The average Bonchev–Trinajstić information content (AvgIpc) is 2.84. The first kappa shape index (κ1) is 30.6. The topological polar surface area (TPSA) is 49.8 Å². The van der Waals surface area contributed by atoms with Crippen LogP contribution in [0.2, 0.25) is 0 Å². The summed E-state index contributed by atoms with van der Waals surface area (Å²) in [6.45, 7) is 1.91. The molecule has 216 valence electrons. The van der Waals surface area contributed by atoms with Crippen molar-refractivity contribution in [1.29, 1.82) is 0 Å². The van der Waals surface area contributed by atoms with Gasteiger partial charge in [0.05, 0.1) is 29.8 Å². The van der Waals surface area contributed by atoms with Gasteiger partial charge in [0, 0.05) is 12.1 Å². The van der Waals surface area contributed by atoms with Crippen LogP contribution in [0, 0.1) is 6.92 Å². The molecule has 0 aromatic heterocycles. The summed E-state index contributed by atoms with van der Waals surface area (Å²) in [5.74, 6) is 0.244. The molecule has 3 rings (SSSR count). The second-order valence-corrected chi connectivity index (χ2v) is 9.00. The largest absolute Gasteiger partial charge is 0.496 e. The Balaban J connectivity index is 2.21. The first-order chi connectivity index (χ1) is 18.3. The maximum absolute atomic E-state index is 13.6. The lowest BCUT2D eigenvalue weighted by molar-refractivity contribution is -0.143. The standard InChI is InChI=1S/C27H22F9NO3/c1-14-4-7-23(40-3)22(8-14)20-6-5-17(25(28,29)30)12-21(20)15(2)37(24(38)39)13-16-9-18(26(31,32)33)11-19(10-16)27(34,35)36/h4-12,15H,13H2,1-3H3,(H,38,39). The van der Waals surface area contributed by atoms with Crippen molar-refractivity contribution in [2.45, 2.75) is 45.0 Å². The van der Waals surface area contributed by atoms with Crippen LogP contribution < -0.4 is 4.74 Å². The van der Waals surface area contributed by atoms with E-state index in [4.69, 9.17) is 4.74 Å². The molecule has 1 unspecified atom stereocenters. The van der Waals surface area contributed by atoms with Gasteiger partial charge < -0.3 is 9.84 Å². The zero-order valence-electron chi connectivity index (χ0n) is 21.1. The number of alkyl halides is 9. The molecule has 3 aromatic carbocycles. The lowest BCUT2D eigenvalue weighted by Crippen LogP contribution is -2.32. The lowest BCUT2D eigenvalue weighted by atomic mass is 9.91. The summed E-state index contributed by atoms with van der Waals surface area (Å²) in [6.07, 6.45) is -17.0. The minimum Gasteiger partial charge on any atom is -0.496 e. The zero-order valence-corrected chi connectivity index (χ0v) is 21.1. The molecule has 13 heteroatoms. The molecule has 1 atom stereocenters. The molecule has 0 saturated carbocycles. The van der Waals surface area contributed by atoms with E-state index in [1.54, 1.807) is 25.1 Å². The highest BCUT2D eigenvalue weighted by atomic mass is 19.4. The third kappa shape index (κ3) is 6.80. The molecule has 0 bridgehead atoms. The zero-order chi connectivity index (χ0) is 30.2. The van der Waals surface area contributed by atoms with E-state index in [1.807, 2.05) is 0 Å². The van der Waals surface area contributed by atoms with Gasteiger partial charge in [-0.2, -0.15) is 39.5 Å². The van der Waals surface area contributed by atoms with E-state index < -0.39 is 59.5 Å². The van der Waals surface area contributed by atoms with Crippen LogP contribution in [0.25, 0.3) is 11.1 Å². The van der Waals surface area contributed by atoms with Gasteiger partial charge in [-0.1, -0.05) is 17.7 Å². The Morgan fingerprint density at radius 3 is 1.82 bits per heavy atom. The first-order valence-corrected chi connectivity index (χ1v) is 11.5. The van der Waals surface area contributed by atoms with Crippen molar-refractivity contribution in [1.82, 2.24) is 4.90 Å². The molecule has 3 aromatic rings. The highest BCUT2D eigenvalue weighted by Crippen LogP contribution is 2.42. The molecule has 0 aliphatic rings. The van der Waals surface area contributed by atoms with Crippen molar-refractivity contribution in [3.05, 3.63) is 88.0 Å². The number of carbonyl (C=O) groups is 1. The summed E-state index contributed by atoms with van der Waals surface area (Å²) in [7, 11) is 1.32. The second-order valence-electron chi connectivity index (χ2n) is 9.00. The number of amides is 1. The van der Waals surface area contributed by atoms with E-state index >= 15 is 0 Å². The fourth-order valence-corrected chi connectivity index (χ4v) is 4.21. The van der Waals surface area contributed by atoms with Crippen molar-refractivity contribution in [3.63, 3.8) is 0 Å². The quantitative estimate of drug-likeness (QED) is 0.297. The molecule has 0 saturated heterocycles. The van der Waals surface area contributed by atoms with Crippen LogP contribution >= 0.6 is 0 Å². The molecule has 0 aliphatic carbocycles. The normalized spacial score (nSPS) is 13.2. The van der Waals surface area contributed by atoms with Crippen LogP contribution in [-0.4, -0.2) is 23.2 Å². The van der Waals surface area contributed by atoms with E-state index in [0.717, 1.165) is 12.1 Å². The highest BCUT2D eigenvalue weighted by Gasteiger charge is 2.38. The van der Waals surface area contributed by atoms with Crippen LogP contribution in [0.5, 0.6) is 5.75 Å². The number of methoxy groups -OCH3 is 1. The molecule has 4 nitrogen and oxygen atoms in total. The monoisotopic (exact) mass is 579 g/mol. The van der Waals surface area contributed by atoms with E-state index in [-0.39, 0.29) is 22.9 Å². The maximum Gasteiger partial charge on any atom is 0.416 e. The fraction of sp³-hybridized carbons (Fsp3) is 0.296. The smallest absolute Gasteiger partial charge is 0.416 e. The number of hydrogen-bond donors (Lipinski definition) is 1. The predicted molar refractivity (Wildman–Crippen MR) is 127 cm³/mol. The van der Waals surface area contributed by atoms with Crippen LogP contribution in [0.4, 0.5) is 44.3 Å². The molecular formula is C27H22F9NO3.